The summed E-state index contributed by atoms with van der Waals surface area (Å²) in [4.78, 5) is 6.78. The van der Waals surface area contributed by atoms with E-state index in [-0.39, 0.29) is 0 Å². The summed E-state index contributed by atoms with van der Waals surface area (Å²) in [6, 6.07) is 6.83. The van der Waals surface area contributed by atoms with Crippen molar-refractivity contribution in [3.63, 3.8) is 0 Å². The van der Waals surface area contributed by atoms with Gasteiger partial charge >= 0.3 is 0 Å². The summed E-state index contributed by atoms with van der Waals surface area (Å²) >= 11 is 0. The van der Waals surface area contributed by atoms with Gasteiger partial charge in [-0.05, 0) is 45.1 Å². The minimum Gasteiger partial charge on any atom is -0.317 e. The summed E-state index contributed by atoms with van der Waals surface area (Å²) in [6.45, 7) is 3.26. The molecule has 2 rings (SSSR count). The van der Waals surface area contributed by atoms with Crippen molar-refractivity contribution in [3.05, 3.63) is 30.1 Å². The highest BCUT2D eigenvalue weighted by Crippen LogP contribution is 2.12. The Morgan fingerprint density at radius 3 is 2.87 bits per heavy atom. The maximum Gasteiger partial charge on any atom is 0.0543 e. The monoisotopic (exact) mass is 205 g/mol. The predicted molar refractivity (Wildman–Crippen MR) is 61.6 cm³/mol. The van der Waals surface area contributed by atoms with Crippen LogP contribution in [0.3, 0.4) is 0 Å². The molecule has 1 aliphatic rings. The third kappa shape index (κ3) is 3.01. The Balaban J connectivity index is 1.88. The van der Waals surface area contributed by atoms with Gasteiger partial charge in [0.2, 0.25) is 0 Å². The summed E-state index contributed by atoms with van der Waals surface area (Å²) in [6.07, 6.45) is 4.37. The summed E-state index contributed by atoms with van der Waals surface area (Å²) < 4.78 is 0. The molecule has 1 N–H and O–H groups in total. The maximum absolute atomic E-state index is 4.36. The van der Waals surface area contributed by atoms with Crippen LogP contribution in [0.1, 0.15) is 18.5 Å². The number of hydrogen-bond donors (Lipinski definition) is 1. The third-order valence-corrected chi connectivity index (χ3v) is 3.07. The molecule has 0 unspecified atom stereocenters. The van der Waals surface area contributed by atoms with Crippen molar-refractivity contribution in [3.8, 4) is 0 Å². The molecule has 0 atom stereocenters. The number of nitrogens with zero attached hydrogens (tertiary/aromatic N) is 2. The number of hydrogen-bond acceptors (Lipinski definition) is 3. The molecule has 0 amide bonds. The highest BCUT2D eigenvalue weighted by atomic mass is 15.1. The first-order valence-corrected chi connectivity index (χ1v) is 5.67. The van der Waals surface area contributed by atoms with Crippen molar-refractivity contribution in [2.24, 2.45) is 0 Å². The molecule has 3 heteroatoms. The van der Waals surface area contributed by atoms with Crippen LogP contribution in [0.4, 0.5) is 0 Å². The zero-order valence-corrected chi connectivity index (χ0v) is 9.32. The minimum absolute atomic E-state index is 0.716. The van der Waals surface area contributed by atoms with E-state index in [4.69, 9.17) is 0 Å². The van der Waals surface area contributed by atoms with Crippen LogP contribution in [0, 0.1) is 0 Å². The van der Waals surface area contributed by atoms with Gasteiger partial charge in [0.15, 0.2) is 0 Å². The van der Waals surface area contributed by atoms with E-state index in [2.05, 4.69) is 34.4 Å². The molecular weight excluding hydrogens is 186 g/mol. The van der Waals surface area contributed by atoms with Gasteiger partial charge in [0.1, 0.15) is 0 Å². The SMILES string of the molecule is CN(Cc1ccccn1)C1CCNCC1. The average Bonchev–Trinajstić information content (AvgIpc) is 2.31. The zero-order chi connectivity index (χ0) is 10.5. The lowest BCUT2D eigenvalue weighted by molar-refractivity contribution is 0.190. The second-order valence-corrected chi connectivity index (χ2v) is 4.22. The molecule has 0 spiro atoms. The molecule has 0 bridgehead atoms. The van der Waals surface area contributed by atoms with Gasteiger partial charge in [-0.15, -0.1) is 0 Å². The fraction of sp³-hybridized carbons (Fsp3) is 0.583. The molecule has 1 fully saturated rings. The van der Waals surface area contributed by atoms with Crippen LogP contribution >= 0.6 is 0 Å². The molecule has 1 aromatic rings. The van der Waals surface area contributed by atoms with E-state index in [1.54, 1.807) is 0 Å². The highest BCUT2D eigenvalue weighted by Gasteiger charge is 2.17. The lowest BCUT2D eigenvalue weighted by atomic mass is 10.1. The van der Waals surface area contributed by atoms with Gasteiger partial charge in [-0.25, -0.2) is 0 Å². The van der Waals surface area contributed by atoms with Crippen LogP contribution in [0.5, 0.6) is 0 Å². The fourth-order valence-corrected chi connectivity index (χ4v) is 2.12. The second-order valence-electron chi connectivity index (χ2n) is 4.22. The van der Waals surface area contributed by atoms with Crippen LogP contribution in [-0.2, 0) is 6.54 Å². The van der Waals surface area contributed by atoms with E-state index in [1.807, 2.05) is 12.3 Å². The summed E-state index contributed by atoms with van der Waals surface area (Å²) in [7, 11) is 2.20. The normalized spacial score (nSPS) is 18.3. The topological polar surface area (TPSA) is 28.2 Å². The molecule has 0 radical (unpaired) electrons. The Morgan fingerprint density at radius 2 is 2.20 bits per heavy atom. The summed E-state index contributed by atoms with van der Waals surface area (Å²) in [5, 5.41) is 3.39. The summed E-state index contributed by atoms with van der Waals surface area (Å²) in [5.74, 6) is 0. The Bertz CT molecular complexity index is 280. The molecule has 3 nitrogen and oxygen atoms in total. The molecule has 0 aromatic carbocycles. The molecule has 15 heavy (non-hydrogen) atoms. The second kappa shape index (κ2) is 5.24. The largest absolute Gasteiger partial charge is 0.317 e. The standard InChI is InChI=1S/C12H19N3/c1-15(12-5-8-13-9-6-12)10-11-4-2-3-7-14-11/h2-4,7,12-13H,5-6,8-10H2,1H3. The Morgan fingerprint density at radius 1 is 1.40 bits per heavy atom. The number of aromatic nitrogens is 1. The molecule has 0 aliphatic carbocycles. The average molecular weight is 205 g/mol. The Hall–Kier alpha value is -0.930. The number of rotatable bonds is 3. The van der Waals surface area contributed by atoms with Crippen molar-refractivity contribution in [2.45, 2.75) is 25.4 Å². The predicted octanol–water partition coefficient (Wildman–Crippen LogP) is 1.27. The van der Waals surface area contributed by atoms with Crippen molar-refractivity contribution in [1.29, 1.82) is 0 Å². The molecule has 0 saturated carbocycles. The van der Waals surface area contributed by atoms with Gasteiger partial charge < -0.3 is 5.32 Å². The third-order valence-electron chi connectivity index (χ3n) is 3.07. The quantitative estimate of drug-likeness (QED) is 0.805. The van der Waals surface area contributed by atoms with Crippen LogP contribution in [0.25, 0.3) is 0 Å². The van der Waals surface area contributed by atoms with Crippen molar-refractivity contribution in [1.82, 2.24) is 15.2 Å². The van der Waals surface area contributed by atoms with E-state index in [0.717, 1.165) is 19.6 Å². The van der Waals surface area contributed by atoms with E-state index in [0.29, 0.717) is 6.04 Å². The van der Waals surface area contributed by atoms with Crippen LogP contribution in [0.2, 0.25) is 0 Å². The van der Waals surface area contributed by atoms with Gasteiger partial charge in [-0.2, -0.15) is 0 Å². The molecule has 82 valence electrons. The van der Waals surface area contributed by atoms with E-state index in [9.17, 15) is 0 Å². The smallest absolute Gasteiger partial charge is 0.0543 e. The highest BCUT2D eigenvalue weighted by molar-refractivity contribution is 5.03. The molecule has 1 saturated heterocycles. The van der Waals surface area contributed by atoms with E-state index in [1.165, 1.54) is 18.5 Å². The Labute approximate surface area is 91.5 Å². The van der Waals surface area contributed by atoms with Crippen molar-refractivity contribution >= 4 is 0 Å². The first kappa shape index (κ1) is 10.6. The number of pyridine rings is 1. The molecular formula is C12H19N3. The molecule has 2 heterocycles. The van der Waals surface area contributed by atoms with E-state index < -0.39 is 0 Å². The first-order chi connectivity index (χ1) is 7.36. The lowest BCUT2D eigenvalue weighted by Crippen LogP contribution is -2.40. The van der Waals surface area contributed by atoms with Gasteiger partial charge in [0.05, 0.1) is 5.69 Å². The van der Waals surface area contributed by atoms with Gasteiger partial charge in [-0.3, -0.25) is 9.88 Å². The van der Waals surface area contributed by atoms with Gasteiger partial charge in [0.25, 0.3) is 0 Å². The Kier molecular flexibility index (Phi) is 3.69. The zero-order valence-electron chi connectivity index (χ0n) is 9.32. The van der Waals surface area contributed by atoms with Crippen LogP contribution < -0.4 is 5.32 Å². The minimum atomic E-state index is 0.716. The van der Waals surface area contributed by atoms with Gasteiger partial charge in [0, 0.05) is 18.8 Å². The number of nitrogens with one attached hydrogen (secondary N) is 1. The van der Waals surface area contributed by atoms with Gasteiger partial charge in [-0.1, -0.05) is 6.07 Å². The fourth-order valence-electron chi connectivity index (χ4n) is 2.12. The van der Waals surface area contributed by atoms with Crippen LogP contribution in [0.15, 0.2) is 24.4 Å². The van der Waals surface area contributed by atoms with E-state index >= 15 is 0 Å². The molecule has 1 aromatic heterocycles. The molecule has 1 aliphatic heterocycles. The van der Waals surface area contributed by atoms with Crippen molar-refractivity contribution < 1.29 is 0 Å². The van der Waals surface area contributed by atoms with Crippen LogP contribution in [-0.4, -0.2) is 36.1 Å². The van der Waals surface area contributed by atoms with Crippen molar-refractivity contribution in [2.75, 3.05) is 20.1 Å². The first-order valence-electron chi connectivity index (χ1n) is 5.67. The lowest BCUT2D eigenvalue weighted by Gasteiger charge is -2.31. The summed E-state index contributed by atoms with van der Waals surface area (Å²) in [5.41, 5.74) is 1.17. The number of piperidine rings is 1. The maximum atomic E-state index is 4.36.